The molecule has 1 heterocycles. The molecule has 0 aliphatic rings. The fraction of sp³-hybridized carbons (Fsp3) is 0.118. The Kier molecular flexibility index (Phi) is 4.42. The largest absolute Gasteiger partial charge is 0.419 e. The second-order valence-electron chi connectivity index (χ2n) is 4.95. The molecule has 0 fully saturated rings. The first-order chi connectivity index (χ1) is 11.2. The Bertz CT molecular complexity index is 785. The smallest absolute Gasteiger partial charge is 0.247 e. The van der Waals surface area contributed by atoms with E-state index in [0.29, 0.717) is 17.9 Å². The number of hydrogen-bond donors (Lipinski definition) is 1. The maximum Gasteiger partial charge on any atom is 0.247 e. The van der Waals surface area contributed by atoms with Gasteiger partial charge < -0.3 is 9.73 Å². The molecule has 0 bridgehead atoms. The molecule has 1 N–H and O–H groups in total. The van der Waals surface area contributed by atoms with Gasteiger partial charge in [0, 0.05) is 5.56 Å². The Hall–Kier alpha value is -3.02. The van der Waals surface area contributed by atoms with Crippen molar-refractivity contribution < 1.29 is 13.6 Å². The molecule has 2 aromatic carbocycles. The summed E-state index contributed by atoms with van der Waals surface area (Å²) in [6, 6.07) is 15.2. The summed E-state index contributed by atoms with van der Waals surface area (Å²) < 4.78 is 18.3. The van der Waals surface area contributed by atoms with Gasteiger partial charge in [0.2, 0.25) is 17.7 Å². The average molecular weight is 311 g/mol. The third-order valence-electron chi connectivity index (χ3n) is 3.20. The highest BCUT2D eigenvalue weighted by molar-refractivity contribution is 5.78. The number of nitrogens with zero attached hydrogens (tertiary/aromatic N) is 2. The van der Waals surface area contributed by atoms with Crippen molar-refractivity contribution in [3.8, 4) is 11.5 Å². The molecule has 0 saturated carbocycles. The molecular weight excluding hydrogens is 297 g/mol. The zero-order valence-corrected chi connectivity index (χ0v) is 12.2. The number of hydrogen-bond acceptors (Lipinski definition) is 4. The van der Waals surface area contributed by atoms with Crippen LogP contribution in [-0.4, -0.2) is 16.1 Å². The van der Waals surface area contributed by atoms with Crippen molar-refractivity contribution >= 4 is 5.91 Å². The molecule has 0 aliphatic carbocycles. The van der Waals surface area contributed by atoms with Crippen LogP contribution in [0.2, 0.25) is 0 Å². The monoisotopic (exact) mass is 311 g/mol. The first-order valence-corrected chi connectivity index (χ1v) is 7.09. The first-order valence-electron chi connectivity index (χ1n) is 7.09. The van der Waals surface area contributed by atoms with Gasteiger partial charge in [0.25, 0.3) is 0 Å². The number of aromatic nitrogens is 2. The Morgan fingerprint density at radius 1 is 1.04 bits per heavy atom. The summed E-state index contributed by atoms with van der Waals surface area (Å²) >= 11 is 0. The van der Waals surface area contributed by atoms with Crippen LogP contribution in [0.5, 0.6) is 0 Å². The van der Waals surface area contributed by atoms with E-state index in [9.17, 15) is 9.18 Å². The number of benzene rings is 2. The summed E-state index contributed by atoms with van der Waals surface area (Å²) in [7, 11) is 0. The zero-order chi connectivity index (χ0) is 16.1. The van der Waals surface area contributed by atoms with E-state index in [2.05, 4.69) is 15.5 Å². The summed E-state index contributed by atoms with van der Waals surface area (Å²) in [6.07, 6.45) is 0.291. The standard InChI is InChI=1S/C17H14FN3O2/c18-14-8-6-13(7-9-14)17-21-20-16(23-17)11-19-15(22)10-12-4-2-1-3-5-12/h1-9H,10-11H2,(H,19,22). The van der Waals surface area contributed by atoms with Crippen LogP contribution in [0.1, 0.15) is 11.5 Å². The molecule has 3 aromatic rings. The SMILES string of the molecule is O=C(Cc1ccccc1)NCc1nnc(-c2ccc(F)cc2)o1. The van der Waals surface area contributed by atoms with Crippen LogP contribution < -0.4 is 5.32 Å². The summed E-state index contributed by atoms with van der Waals surface area (Å²) in [5.74, 6) is 0.127. The lowest BCUT2D eigenvalue weighted by molar-refractivity contribution is -0.120. The second kappa shape index (κ2) is 6.83. The van der Waals surface area contributed by atoms with E-state index >= 15 is 0 Å². The number of nitrogens with one attached hydrogen (secondary N) is 1. The van der Waals surface area contributed by atoms with Gasteiger partial charge in [-0.25, -0.2) is 4.39 Å². The summed E-state index contributed by atoms with van der Waals surface area (Å²) in [5, 5.41) is 10.5. The van der Waals surface area contributed by atoms with Crippen LogP contribution in [0.25, 0.3) is 11.5 Å². The van der Waals surface area contributed by atoms with Gasteiger partial charge in [-0.05, 0) is 29.8 Å². The minimum absolute atomic E-state index is 0.127. The van der Waals surface area contributed by atoms with Crippen molar-refractivity contribution in [1.82, 2.24) is 15.5 Å². The van der Waals surface area contributed by atoms with E-state index in [-0.39, 0.29) is 24.2 Å². The average Bonchev–Trinajstić information content (AvgIpc) is 3.04. The van der Waals surface area contributed by atoms with Crippen LogP contribution in [0.15, 0.2) is 59.0 Å². The van der Waals surface area contributed by atoms with Crippen molar-refractivity contribution in [2.45, 2.75) is 13.0 Å². The van der Waals surface area contributed by atoms with Crippen molar-refractivity contribution in [1.29, 1.82) is 0 Å². The molecule has 0 atom stereocenters. The van der Waals surface area contributed by atoms with Crippen LogP contribution in [0.4, 0.5) is 4.39 Å². The molecule has 0 unspecified atom stereocenters. The van der Waals surface area contributed by atoms with E-state index in [4.69, 9.17) is 4.42 Å². The third-order valence-corrected chi connectivity index (χ3v) is 3.20. The molecule has 0 radical (unpaired) electrons. The Morgan fingerprint density at radius 3 is 2.52 bits per heavy atom. The minimum Gasteiger partial charge on any atom is -0.419 e. The molecule has 3 rings (SSSR count). The molecule has 116 valence electrons. The van der Waals surface area contributed by atoms with Crippen LogP contribution >= 0.6 is 0 Å². The van der Waals surface area contributed by atoms with Crippen molar-refractivity contribution in [2.75, 3.05) is 0 Å². The maximum atomic E-state index is 12.9. The maximum absolute atomic E-state index is 12.9. The van der Waals surface area contributed by atoms with E-state index in [1.165, 1.54) is 12.1 Å². The number of carbonyl (C=O) groups is 1. The second-order valence-corrected chi connectivity index (χ2v) is 4.95. The Morgan fingerprint density at radius 2 is 1.78 bits per heavy atom. The van der Waals surface area contributed by atoms with Gasteiger partial charge >= 0.3 is 0 Å². The quantitative estimate of drug-likeness (QED) is 0.786. The predicted molar refractivity (Wildman–Crippen MR) is 81.7 cm³/mol. The topological polar surface area (TPSA) is 68.0 Å². The fourth-order valence-electron chi connectivity index (χ4n) is 2.05. The van der Waals surface area contributed by atoms with Gasteiger partial charge in [0.1, 0.15) is 5.82 Å². The molecule has 23 heavy (non-hydrogen) atoms. The van der Waals surface area contributed by atoms with Crippen molar-refractivity contribution in [3.63, 3.8) is 0 Å². The molecule has 1 aromatic heterocycles. The summed E-state index contributed by atoms with van der Waals surface area (Å²) in [4.78, 5) is 11.9. The highest BCUT2D eigenvalue weighted by Gasteiger charge is 2.10. The number of halogens is 1. The number of rotatable bonds is 5. The molecule has 0 aliphatic heterocycles. The fourth-order valence-corrected chi connectivity index (χ4v) is 2.05. The lowest BCUT2D eigenvalue weighted by Crippen LogP contribution is -2.24. The highest BCUT2D eigenvalue weighted by atomic mass is 19.1. The lowest BCUT2D eigenvalue weighted by atomic mass is 10.1. The van der Waals surface area contributed by atoms with Gasteiger partial charge in [0.15, 0.2) is 0 Å². The van der Waals surface area contributed by atoms with Gasteiger partial charge in [-0.1, -0.05) is 30.3 Å². The molecule has 0 spiro atoms. The van der Waals surface area contributed by atoms with Crippen LogP contribution in [0.3, 0.4) is 0 Å². The number of carbonyl (C=O) groups excluding carboxylic acids is 1. The molecule has 5 nitrogen and oxygen atoms in total. The van der Waals surface area contributed by atoms with E-state index < -0.39 is 0 Å². The van der Waals surface area contributed by atoms with Crippen molar-refractivity contribution in [3.05, 3.63) is 71.9 Å². The number of amides is 1. The minimum atomic E-state index is -0.332. The van der Waals surface area contributed by atoms with Crippen LogP contribution in [0, 0.1) is 5.82 Å². The molecule has 6 heteroatoms. The van der Waals surface area contributed by atoms with Gasteiger partial charge in [-0.3, -0.25) is 4.79 Å². The Labute approximate surface area is 132 Å². The van der Waals surface area contributed by atoms with E-state index in [1.807, 2.05) is 30.3 Å². The highest BCUT2D eigenvalue weighted by Crippen LogP contribution is 2.17. The Balaban J connectivity index is 1.57. The predicted octanol–water partition coefficient (Wildman–Crippen LogP) is 2.73. The van der Waals surface area contributed by atoms with Gasteiger partial charge in [0.05, 0.1) is 13.0 Å². The summed E-state index contributed by atoms with van der Waals surface area (Å²) in [6.45, 7) is 0.153. The molecule has 0 saturated heterocycles. The van der Waals surface area contributed by atoms with E-state index in [0.717, 1.165) is 5.56 Å². The van der Waals surface area contributed by atoms with Gasteiger partial charge in [-0.15, -0.1) is 10.2 Å². The van der Waals surface area contributed by atoms with Crippen molar-refractivity contribution in [2.24, 2.45) is 0 Å². The normalized spacial score (nSPS) is 10.5. The zero-order valence-electron chi connectivity index (χ0n) is 12.2. The molecular formula is C17H14FN3O2. The third kappa shape index (κ3) is 4.00. The van der Waals surface area contributed by atoms with Gasteiger partial charge in [-0.2, -0.15) is 0 Å². The van der Waals surface area contributed by atoms with E-state index in [1.54, 1.807) is 12.1 Å². The summed E-state index contributed by atoms with van der Waals surface area (Å²) in [5.41, 5.74) is 1.56. The van der Waals surface area contributed by atoms with Crippen LogP contribution in [-0.2, 0) is 17.8 Å². The lowest BCUT2D eigenvalue weighted by Gasteiger charge is -2.02. The molecule has 1 amide bonds. The first kappa shape index (κ1) is 14.9.